The van der Waals surface area contributed by atoms with Crippen molar-refractivity contribution in [2.75, 3.05) is 82.3 Å². The maximum absolute atomic E-state index is 15.1. The molecule has 2 aliphatic rings. The fraction of sp³-hybridized carbons (Fsp3) is 0.455. The van der Waals surface area contributed by atoms with E-state index in [-0.39, 0.29) is 11.0 Å². The number of hydrogen-bond donors (Lipinski definition) is 2. The highest BCUT2D eigenvalue weighted by molar-refractivity contribution is 9.10. The number of hydrogen-bond acceptors (Lipinski definition) is 11. The number of aryl methyl sites for hydroxylation is 1. The number of piperidine rings is 1. The largest absolute Gasteiger partial charge is 0.494 e. The van der Waals surface area contributed by atoms with E-state index in [0.717, 1.165) is 64.2 Å². The number of rotatable bonds is 9. The highest BCUT2D eigenvalue weighted by Crippen LogP contribution is 2.42. The molecule has 11 nitrogen and oxygen atoms in total. The molecule has 0 saturated carbocycles. The zero-order valence-corrected chi connectivity index (χ0v) is 30.0. The Balaban J connectivity index is 1.24. The molecule has 2 saturated heterocycles. The fourth-order valence-electron chi connectivity index (χ4n) is 6.60. The molecular formula is C33H42BrFN9O2P. The van der Waals surface area contributed by atoms with Crippen LogP contribution in [0.3, 0.4) is 0 Å². The molecule has 0 radical (unpaired) electrons. The van der Waals surface area contributed by atoms with Crippen LogP contribution in [0.15, 0.2) is 41.3 Å². The van der Waals surface area contributed by atoms with Gasteiger partial charge >= 0.3 is 0 Å². The summed E-state index contributed by atoms with van der Waals surface area (Å²) in [4.78, 5) is 25.2. The third-order valence-corrected chi connectivity index (χ3v) is 11.2. The topological polar surface area (TPSA) is 112 Å². The molecule has 0 amide bonds. The quantitative estimate of drug-likeness (QED) is 0.203. The van der Waals surface area contributed by atoms with E-state index in [1.807, 2.05) is 0 Å². The van der Waals surface area contributed by atoms with Crippen molar-refractivity contribution in [2.24, 2.45) is 0 Å². The summed E-state index contributed by atoms with van der Waals surface area (Å²) < 4.78 is 34.9. The minimum Gasteiger partial charge on any atom is -0.494 e. The summed E-state index contributed by atoms with van der Waals surface area (Å²) in [5, 5.41) is 6.91. The number of fused-ring (bicyclic) bond motifs is 1. The lowest BCUT2D eigenvalue weighted by Gasteiger charge is -2.43. The molecule has 2 aromatic heterocycles. The average molecular weight is 727 g/mol. The van der Waals surface area contributed by atoms with Crippen LogP contribution in [0.25, 0.3) is 11.0 Å². The van der Waals surface area contributed by atoms with Crippen LogP contribution < -0.4 is 25.6 Å². The number of piperazine rings is 1. The molecule has 0 unspecified atom stereocenters. The normalized spacial score (nSPS) is 16.9. The number of ether oxygens (including phenoxy) is 1. The lowest BCUT2D eigenvalue weighted by atomic mass is 9.99. The smallest absolute Gasteiger partial charge is 0.229 e. The Labute approximate surface area is 283 Å². The second-order valence-electron chi connectivity index (χ2n) is 12.6. The maximum Gasteiger partial charge on any atom is 0.229 e. The summed E-state index contributed by atoms with van der Waals surface area (Å²) in [5.74, 6) is 0.802. The summed E-state index contributed by atoms with van der Waals surface area (Å²) in [6.07, 6.45) is 7.65. The van der Waals surface area contributed by atoms with E-state index in [2.05, 4.69) is 82.3 Å². The van der Waals surface area contributed by atoms with Crippen molar-refractivity contribution in [3.63, 3.8) is 0 Å². The van der Waals surface area contributed by atoms with Gasteiger partial charge in [-0.25, -0.2) is 14.4 Å². The number of anilines is 5. The van der Waals surface area contributed by atoms with Crippen LogP contribution in [0, 0.1) is 5.82 Å². The molecule has 2 aromatic carbocycles. The van der Waals surface area contributed by atoms with Crippen molar-refractivity contribution in [2.45, 2.75) is 32.2 Å². The predicted octanol–water partition coefficient (Wildman–Crippen LogP) is 5.84. The van der Waals surface area contributed by atoms with E-state index in [4.69, 9.17) is 9.72 Å². The van der Waals surface area contributed by atoms with Gasteiger partial charge in [0.1, 0.15) is 29.7 Å². The molecule has 2 fully saturated rings. The summed E-state index contributed by atoms with van der Waals surface area (Å²) in [7, 11) is 0.947. The number of nitrogens with zero attached hydrogens (tertiary/aromatic N) is 7. The highest BCUT2D eigenvalue weighted by atomic mass is 79.9. The van der Waals surface area contributed by atoms with Gasteiger partial charge in [0.25, 0.3) is 0 Å². The lowest BCUT2D eigenvalue weighted by molar-refractivity contribution is 0.0982. The molecular weight excluding hydrogens is 684 g/mol. The zero-order valence-electron chi connectivity index (χ0n) is 27.6. The number of nitrogens with one attached hydrogen (secondary N) is 2. The van der Waals surface area contributed by atoms with Gasteiger partial charge in [-0.1, -0.05) is 6.92 Å². The number of methoxy groups -OCH3 is 1. The zero-order chi connectivity index (χ0) is 33.3. The number of halogens is 2. The first kappa shape index (κ1) is 33.5. The van der Waals surface area contributed by atoms with Crippen molar-refractivity contribution in [3.8, 4) is 5.75 Å². The summed E-state index contributed by atoms with van der Waals surface area (Å²) in [6, 6.07) is 6.15. The Kier molecular flexibility index (Phi) is 9.98. The molecule has 250 valence electrons. The lowest BCUT2D eigenvalue weighted by Crippen LogP contribution is -2.52. The molecule has 0 spiro atoms. The van der Waals surface area contributed by atoms with Gasteiger partial charge in [-0.2, -0.15) is 4.98 Å². The van der Waals surface area contributed by atoms with Gasteiger partial charge in [0.15, 0.2) is 5.82 Å². The summed E-state index contributed by atoms with van der Waals surface area (Å²) in [6.45, 7) is 12.0. The number of aromatic nitrogens is 4. The van der Waals surface area contributed by atoms with Crippen LogP contribution in [-0.4, -0.2) is 103 Å². The number of likely N-dealkylation sites (N-methyl/N-ethyl adjacent to an activating group) is 1. The maximum atomic E-state index is 15.1. The molecule has 6 rings (SSSR count). The molecule has 4 heterocycles. The Morgan fingerprint density at radius 1 is 0.979 bits per heavy atom. The van der Waals surface area contributed by atoms with Gasteiger partial charge in [0.2, 0.25) is 5.95 Å². The fourth-order valence-corrected chi connectivity index (χ4v) is 8.26. The van der Waals surface area contributed by atoms with E-state index in [0.29, 0.717) is 39.0 Å². The van der Waals surface area contributed by atoms with E-state index >= 15 is 4.39 Å². The van der Waals surface area contributed by atoms with E-state index < -0.39 is 13.0 Å². The second kappa shape index (κ2) is 14.0. The summed E-state index contributed by atoms with van der Waals surface area (Å²) in [5.41, 5.74) is 3.79. The minimum absolute atomic E-state index is 0.0720. The molecule has 0 aliphatic carbocycles. The van der Waals surface area contributed by atoms with Crippen molar-refractivity contribution in [1.29, 1.82) is 0 Å². The molecule has 0 atom stereocenters. The van der Waals surface area contributed by atoms with Gasteiger partial charge in [0.05, 0.1) is 28.3 Å². The first-order valence-electron chi connectivity index (χ1n) is 16.0. The Morgan fingerprint density at radius 3 is 2.34 bits per heavy atom. The van der Waals surface area contributed by atoms with Crippen LogP contribution in [0.2, 0.25) is 0 Å². The molecule has 14 heteroatoms. The van der Waals surface area contributed by atoms with Crippen LogP contribution >= 0.6 is 23.1 Å². The molecule has 4 aromatic rings. The SMILES string of the molecule is CCc1cc(Nc2ncc(Br)c(Nc3cc(F)c4nccnc4c3P(C)(C)=O)n2)c(OC)cc1N1CCC(N2CCN(C)CC2)CC1. The Bertz CT molecular complexity index is 1810. The van der Waals surface area contributed by atoms with Gasteiger partial charge < -0.3 is 29.7 Å². The van der Waals surface area contributed by atoms with Crippen LogP contribution in [0.5, 0.6) is 5.75 Å². The standard InChI is InChI=1S/C33H42BrFN9O2P/c1-6-21-17-25(28(46-3)19-27(21)44-11-7-22(8-12-44)43-15-13-42(2)14-16-43)40-33-38-20-23(34)32(41-33)39-26-18-24(35)29-30(37-10-9-36-29)31(26)47(4,5)45/h9-10,17-20,22H,6-8,11-16H2,1-5H3,(H2,38,39,40,41). The van der Waals surface area contributed by atoms with E-state index in [1.54, 1.807) is 26.6 Å². The van der Waals surface area contributed by atoms with Gasteiger partial charge in [-0.05, 0) is 67.2 Å². The van der Waals surface area contributed by atoms with Crippen LogP contribution in [0.4, 0.5) is 33.2 Å². The molecule has 0 bridgehead atoms. The monoisotopic (exact) mass is 725 g/mol. The Hall–Kier alpha value is -3.38. The third-order valence-electron chi connectivity index (χ3n) is 9.10. The third kappa shape index (κ3) is 7.23. The average Bonchev–Trinajstić information content (AvgIpc) is 3.06. The van der Waals surface area contributed by atoms with E-state index in [1.165, 1.54) is 29.7 Å². The number of benzene rings is 2. The molecule has 2 N–H and O–H groups in total. The summed E-state index contributed by atoms with van der Waals surface area (Å²) >= 11 is 3.51. The first-order valence-corrected chi connectivity index (χ1v) is 19.4. The van der Waals surface area contributed by atoms with Crippen molar-refractivity contribution in [3.05, 3.63) is 52.6 Å². The van der Waals surface area contributed by atoms with E-state index in [9.17, 15) is 4.57 Å². The first-order chi connectivity index (χ1) is 22.5. The van der Waals surface area contributed by atoms with Gasteiger partial charge in [0, 0.05) is 81.7 Å². The van der Waals surface area contributed by atoms with Gasteiger partial charge in [-0.3, -0.25) is 9.88 Å². The van der Waals surface area contributed by atoms with Crippen molar-refractivity contribution >= 4 is 68.2 Å². The van der Waals surface area contributed by atoms with Gasteiger partial charge in [-0.15, -0.1) is 0 Å². The second-order valence-corrected chi connectivity index (χ2v) is 16.6. The highest BCUT2D eigenvalue weighted by Gasteiger charge is 2.28. The Morgan fingerprint density at radius 2 is 1.68 bits per heavy atom. The molecule has 2 aliphatic heterocycles. The van der Waals surface area contributed by atoms with Crippen LogP contribution in [-0.2, 0) is 11.0 Å². The predicted molar refractivity (Wildman–Crippen MR) is 192 cm³/mol. The minimum atomic E-state index is -2.92. The molecule has 47 heavy (non-hydrogen) atoms. The van der Waals surface area contributed by atoms with Crippen LogP contribution in [0.1, 0.15) is 25.3 Å². The van der Waals surface area contributed by atoms with Crippen molar-refractivity contribution in [1.82, 2.24) is 29.7 Å². The van der Waals surface area contributed by atoms with Crippen molar-refractivity contribution < 1.29 is 13.7 Å².